The van der Waals surface area contributed by atoms with Gasteiger partial charge in [-0.2, -0.15) is 0 Å². The third-order valence-electron chi connectivity index (χ3n) is 5.30. The van der Waals surface area contributed by atoms with E-state index in [1.807, 2.05) is 50.2 Å². The lowest BCUT2D eigenvalue weighted by Crippen LogP contribution is -2.17. The van der Waals surface area contributed by atoms with Crippen LogP contribution < -0.4 is 14.8 Å². The summed E-state index contributed by atoms with van der Waals surface area (Å²) in [4.78, 5) is 12.5. The van der Waals surface area contributed by atoms with Crippen LogP contribution in [0.5, 0.6) is 11.5 Å². The molecule has 0 fully saturated rings. The molecule has 0 aliphatic carbocycles. The predicted octanol–water partition coefficient (Wildman–Crippen LogP) is 6.33. The second-order valence-corrected chi connectivity index (χ2v) is 10.1. The fourth-order valence-electron chi connectivity index (χ4n) is 3.56. The molecule has 0 radical (unpaired) electrons. The van der Waals surface area contributed by atoms with Crippen LogP contribution in [0, 0.1) is 5.92 Å². The van der Waals surface area contributed by atoms with Crippen molar-refractivity contribution < 1.29 is 14.3 Å². The van der Waals surface area contributed by atoms with Gasteiger partial charge in [0, 0.05) is 12.2 Å². The molecule has 0 aliphatic heterocycles. The first-order chi connectivity index (χ1) is 16.8. The Morgan fingerprint density at radius 3 is 2.23 bits per heavy atom. The quantitative estimate of drug-likeness (QED) is 0.295. The van der Waals surface area contributed by atoms with Crippen LogP contribution >= 0.6 is 11.8 Å². The van der Waals surface area contributed by atoms with Crippen LogP contribution in [-0.4, -0.2) is 33.0 Å². The third kappa shape index (κ3) is 7.75. The number of nitrogens with one attached hydrogen (secondary N) is 1. The minimum atomic E-state index is -0.279. The van der Waals surface area contributed by atoms with Crippen LogP contribution in [-0.2, 0) is 11.3 Å². The van der Waals surface area contributed by atoms with Crippen LogP contribution in [0.4, 0.5) is 5.69 Å². The normalized spacial score (nSPS) is 12.1. The number of aromatic nitrogens is 3. The van der Waals surface area contributed by atoms with Crippen molar-refractivity contribution in [1.82, 2.24) is 14.8 Å². The molecule has 3 rings (SSSR count). The Bertz CT molecular complexity index is 1080. The number of ether oxygens (including phenoxy) is 2. The van der Waals surface area contributed by atoms with Gasteiger partial charge < -0.3 is 19.4 Å². The van der Waals surface area contributed by atoms with Crippen LogP contribution in [0.3, 0.4) is 0 Å². The molecule has 8 heteroatoms. The van der Waals surface area contributed by atoms with Gasteiger partial charge in [-0.25, -0.2) is 0 Å². The Balaban J connectivity index is 1.65. The van der Waals surface area contributed by atoms with Crippen molar-refractivity contribution in [3.05, 3.63) is 59.9 Å². The van der Waals surface area contributed by atoms with Crippen molar-refractivity contribution in [2.75, 3.05) is 17.7 Å². The topological polar surface area (TPSA) is 78.3 Å². The van der Waals surface area contributed by atoms with E-state index < -0.39 is 0 Å². The van der Waals surface area contributed by atoms with E-state index in [9.17, 15) is 4.79 Å². The Morgan fingerprint density at radius 1 is 0.971 bits per heavy atom. The summed E-state index contributed by atoms with van der Waals surface area (Å²) < 4.78 is 13.7. The van der Waals surface area contributed by atoms with E-state index in [1.54, 1.807) is 0 Å². The van der Waals surface area contributed by atoms with E-state index in [2.05, 4.69) is 59.9 Å². The first kappa shape index (κ1) is 26.6. The molecule has 35 heavy (non-hydrogen) atoms. The number of hydrogen-bond acceptors (Lipinski definition) is 6. The standard InChI is InChI=1S/C27H36N4O3S/c1-7-33-23-14-10-22(11-15-23)28-25(32)17-35-27-30-29-26(31(27)16-18(2)3)20(6)34-24-12-8-21(9-13-24)19(4)5/h8-15,18-20H,7,16-17H2,1-6H3,(H,28,32). The molecule has 3 aromatic rings. The fourth-order valence-corrected chi connectivity index (χ4v) is 4.32. The summed E-state index contributed by atoms with van der Waals surface area (Å²) in [6.45, 7) is 13.9. The highest BCUT2D eigenvalue weighted by Crippen LogP contribution is 2.27. The maximum atomic E-state index is 12.5. The maximum Gasteiger partial charge on any atom is 0.234 e. The molecule has 1 unspecified atom stereocenters. The number of amides is 1. The molecule has 7 nitrogen and oxygen atoms in total. The van der Waals surface area contributed by atoms with Crippen molar-refractivity contribution >= 4 is 23.4 Å². The minimum Gasteiger partial charge on any atom is -0.494 e. The molecule has 1 heterocycles. The lowest BCUT2D eigenvalue weighted by atomic mass is 10.0. The first-order valence-electron chi connectivity index (χ1n) is 12.1. The molecule has 2 aromatic carbocycles. The lowest BCUT2D eigenvalue weighted by Gasteiger charge is -2.18. The van der Waals surface area contributed by atoms with Gasteiger partial charge >= 0.3 is 0 Å². The SMILES string of the molecule is CCOc1ccc(NC(=O)CSc2nnc(C(C)Oc3ccc(C(C)C)cc3)n2CC(C)C)cc1. The highest BCUT2D eigenvalue weighted by molar-refractivity contribution is 7.99. The van der Waals surface area contributed by atoms with Crippen molar-refractivity contribution in [1.29, 1.82) is 0 Å². The molecule has 0 bridgehead atoms. The second-order valence-electron chi connectivity index (χ2n) is 9.12. The van der Waals surface area contributed by atoms with Gasteiger partial charge in [0.05, 0.1) is 12.4 Å². The zero-order valence-corrected chi connectivity index (χ0v) is 22.3. The van der Waals surface area contributed by atoms with E-state index in [4.69, 9.17) is 9.47 Å². The summed E-state index contributed by atoms with van der Waals surface area (Å²) in [6, 6.07) is 15.5. The van der Waals surface area contributed by atoms with Crippen LogP contribution in [0.25, 0.3) is 0 Å². The molecule has 1 aromatic heterocycles. The summed E-state index contributed by atoms with van der Waals surface area (Å²) in [5.41, 5.74) is 2.00. The molecule has 1 amide bonds. The van der Waals surface area contributed by atoms with E-state index in [0.717, 1.165) is 29.6 Å². The third-order valence-corrected chi connectivity index (χ3v) is 6.26. The molecule has 0 aliphatic rings. The van der Waals surface area contributed by atoms with Gasteiger partial charge in [0.25, 0.3) is 0 Å². The highest BCUT2D eigenvalue weighted by Gasteiger charge is 2.21. The summed E-state index contributed by atoms with van der Waals surface area (Å²) in [6.07, 6.45) is -0.279. The number of anilines is 1. The summed E-state index contributed by atoms with van der Waals surface area (Å²) in [5.74, 6) is 3.32. The van der Waals surface area contributed by atoms with E-state index >= 15 is 0 Å². The van der Waals surface area contributed by atoms with Crippen LogP contribution in [0.1, 0.15) is 65.0 Å². The van der Waals surface area contributed by atoms with Gasteiger partial charge in [0.1, 0.15) is 11.5 Å². The molecule has 1 N–H and O–H groups in total. The Kier molecular flexibility index (Phi) is 9.60. The lowest BCUT2D eigenvalue weighted by molar-refractivity contribution is -0.113. The first-order valence-corrected chi connectivity index (χ1v) is 13.1. The number of thioether (sulfide) groups is 1. The van der Waals surface area contributed by atoms with Gasteiger partial charge in [-0.1, -0.05) is 51.6 Å². The number of hydrogen-bond donors (Lipinski definition) is 1. The van der Waals surface area contributed by atoms with Crippen LogP contribution in [0.2, 0.25) is 0 Å². The van der Waals surface area contributed by atoms with Crippen molar-refractivity contribution in [2.45, 2.75) is 65.3 Å². The van der Waals surface area contributed by atoms with Crippen LogP contribution in [0.15, 0.2) is 53.7 Å². The van der Waals surface area contributed by atoms with Gasteiger partial charge in [0.15, 0.2) is 17.1 Å². The fraction of sp³-hybridized carbons (Fsp3) is 0.444. The molecular weight excluding hydrogens is 460 g/mol. The highest BCUT2D eigenvalue weighted by atomic mass is 32.2. The smallest absolute Gasteiger partial charge is 0.234 e. The summed E-state index contributed by atoms with van der Waals surface area (Å²) in [7, 11) is 0. The van der Waals surface area contributed by atoms with Crippen molar-refractivity contribution in [2.24, 2.45) is 5.92 Å². The largest absolute Gasteiger partial charge is 0.494 e. The predicted molar refractivity (Wildman–Crippen MR) is 141 cm³/mol. The van der Waals surface area contributed by atoms with Gasteiger partial charge in [0.2, 0.25) is 5.91 Å². The molecule has 1 atom stereocenters. The van der Waals surface area contributed by atoms with E-state index in [1.165, 1.54) is 17.3 Å². The zero-order valence-electron chi connectivity index (χ0n) is 21.4. The summed E-state index contributed by atoms with van der Waals surface area (Å²) in [5, 5.41) is 12.4. The van der Waals surface area contributed by atoms with Crippen molar-refractivity contribution in [3.63, 3.8) is 0 Å². The Morgan fingerprint density at radius 2 is 1.63 bits per heavy atom. The minimum absolute atomic E-state index is 0.102. The molecule has 188 valence electrons. The number of carbonyl (C=O) groups excluding carboxylic acids is 1. The monoisotopic (exact) mass is 496 g/mol. The number of benzene rings is 2. The average molecular weight is 497 g/mol. The number of rotatable bonds is 12. The van der Waals surface area contributed by atoms with Gasteiger partial charge in [-0.05, 0) is 67.6 Å². The maximum absolute atomic E-state index is 12.5. The zero-order chi connectivity index (χ0) is 25.4. The van der Waals surface area contributed by atoms with Crippen molar-refractivity contribution in [3.8, 4) is 11.5 Å². The van der Waals surface area contributed by atoms with Gasteiger partial charge in [-0.3, -0.25) is 4.79 Å². The summed E-state index contributed by atoms with van der Waals surface area (Å²) >= 11 is 1.37. The number of carbonyl (C=O) groups is 1. The van der Waals surface area contributed by atoms with Gasteiger partial charge in [-0.15, -0.1) is 10.2 Å². The molecular formula is C27H36N4O3S. The number of nitrogens with zero attached hydrogens (tertiary/aromatic N) is 3. The molecule has 0 saturated carbocycles. The molecule has 0 spiro atoms. The second kappa shape index (κ2) is 12.6. The van der Waals surface area contributed by atoms with E-state index in [0.29, 0.717) is 23.6 Å². The average Bonchev–Trinajstić information content (AvgIpc) is 3.21. The Hall–Kier alpha value is -3.00. The molecule has 0 saturated heterocycles. The Labute approximate surface area is 212 Å². The van der Waals surface area contributed by atoms with E-state index in [-0.39, 0.29) is 17.8 Å².